The van der Waals surface area contributed by atoms with Crippen molar-refractivity contribution in [3.05, 3.63) is 45.7 Å². The van der Waals surface area contributed by atoms with Gasteiger partial charge < -0.3 is 0 Å². The Balaban J connectivity index is 1.73. The molecular weight excluding hydrogens is 188 g/mol. The fourth-order valence-electron chi connectivity index (χ4n) is 2.09. The van der Waals surface area contributed by atoms with Crippen LogP contribution < -0.4 is 0 Å². The summed E-state index contributed by atoms with van der Waals surface area (Å²) in [5.74, 6) is 1.56. The van der Waals surface area contributed by atoms with Crippen LogP contribution in [0, 0.1) is 12.8 Å². The molecule has 0 amide bonds. The minimum Gasteiger partial charge on any atom is -0.148 e. The van der Waals surface area contributed by atoms with Crippen LogP contribution in [0.5, 0.6) is 0 Å². The van der Waals surface area contributed by atoms with Crippen molar-refractivity contribution in [3.8, 4) is 0 Å². The molecule has 0 N–H and O–H groups in total. The highest BCUT2D eigenvalue weighted by Gasteiger charge is 2.42. The predicted octanol–water partition coefficient (Wildman–Crippen LogP) is 4.05. The molecule has 2 aliphatic rings. The summed E-state index contributed by atoms with van der Waals surface area (Å²) in [6.45, 7) is 6.37. The molecule has 3 rings (SSSR count). The van der Waals surface area contributed by atoms with Crippen LogP contribution in [0.4, 0.5) is 0 Å². The number of rotatable bonds is 3. The topological polar surface area (TPSA) is 0 Å². The van der Waals surface area contributed by atoms with Crippen molar-refractivity contribution in [1.82, 2.24) is 0 Å². The van der Waals surface area contributed by atoms with Crippen LogP contribution in [0.3, 0.4) is 0 Å². The first-order valence-electron chi connectivity index (χ1n) is 5.19. The first kappa shape index (κ1) is 8.49. The van der Waals surface area contributed by atoms with Gasteiger partial charge in [0, 0.05) is 10.8 Å². The van der Waals surface area contributed by atoms with Crippen LogP contribution in [0.25, 0.3) is 0 Å². The molecule has 2 aliphatic carbocycles. The third-order valence-electron chi connectivity index (χ3n) is 3.18. The van der Waals surface area contributed by atoms with E-state index in [0.717, 1.165) is 11.8 Å². The van der Waals surface area contributed by atoms with Crippen LogP contribution in [-0.2, 0) is 0 Å². The van der Waals surface area contributed by atoms with E-state index in [-0.39, 0.29) is 0 Å². The van der Waals surface area contributed by atoms with E-state index in [9.17, 15) is 0 Å². The van der Waals surface area contributed by atoms with E-state index in [2.05, 4.69) is 31.0 Å². The summed E-state index contributed by atoms with van der Waals surface area (Å²) in [4.78, 5) is 1.56. The molecule has 1 fully saturated rings. The van der Waals surface area contributed by atoms with Crippen LogP contribution in [0.1, 0.15) is 29.2 Å². The highest BCUT2D eigenvalue weighted by atomic mass is 32.1. The van der Waals surface area contributed by atoms with Crippen LogP contribution >= 0.6 is 11.3 Å². The van der Waals surface area contributed by atoms with E-state index in [1.807, 2.05) is 11.3 Å². The molecule has 0 radical (unpaired) electrons. The maximum atomic E-state index is 4.20. The highest BCUT2D eigenvalue weighted by Crippen LogP contribution is 2.56. The molecule has 0 spiro atoms. The van der Waals surface area contributed by atoms with E-state index in [1.54, 1.807) is 4.88 Å². The fourth-order valence-corrected chi connectivity index (χ4v) is 3.17. The molecule has 0 saturated heterocycles. The Morgan fingerprint density at radius 1 is 1.57 bits per heavy atom. The van der Waals surface area contributed by atoms with E-state index in [0.29, 0.717) is 0 Å². The van der Waals surface area contributed by atoms with Gasteiger partial charge in [0.05, 0.1) is 0 Å². The monoisotopic (exact) mass is 202 g/mol. The van der Waals surface area contributed by atoms with Crippen LogP contribution in [-0.4, -0.2) is 0 Å². The Morgan fingerprint density at radius 3 is 2.93 bits per heavy atom. The van der Waals surface area contributed by atoms with Crippen LogP contribution in [0.15, 0.2) is 35.2 Å². The zero-order valence-electron chi connectivity index (χ0n) is 8.42. The second kappa shape index (κ2) is 2.83. The molecule has 0 aliphatic heterocycles. The molecule has 14 heavy (non-hydrogen) atoms. The lowest BCUT2D eigenvalue weighted by atomic mass is 10.1. The maximum Gasteiger partial charge on any atom is 0.00852 e. The van der Waals surface area contributed by atoms with Gasteiger partial charge in [0.1, 0.15) is 0 Å². The number of aryl methyl sites for hydroxylation is 1. The lowest BCUT2D eigenvalue weighted by molar-refractivity contribution is 0.975. The number of hydrogen-bond acceptors (Lipinski definition) is 1. The van der Waals surface area contributed by atoms with Crippen molar-refractivity contribution < 1.29 is 0 Å². The molecule has 1 heteroatoms. The van der Waals surface area contributed by atoms with Gasteiger partial charge in [-0.15, -0.1) is 11.3 Å². The van der Waals surface area contributed by atoms with E-state index >= 15 is 0 Å². The average Bonchev–Trinajstić information content (AvgIpc) is 3.06. The normalized spacial score (nSPS) is 28.5. The van der Waals surface area contributed by atoms with Crippen molar-refractivity contribution in [3.63, 3.8) is 0 Å². The Morgan fingerprint density at radius 2 is 2.36 bits per heavy atom. The summed E-state index contributed by atoms with van der Waals surface area (Å²) in [6, 6.07) is 2.34. The predicted molar refractivity (Wildman–Crippen MR) is 61.7 cm³/mol. The number of hydrogen-bond donors (Lipinski definition) is 0. The van der Waals surface area contributed by atoms with E-state index < -0.39 is 0 Å². The first-order valence-corrected chi connectivity index (χ1v) is 6.07. The highest BCUT2D eigenvalue weighted by molar-refractivity contribution is 7.10. The largest absolute Gasteiger partial charge is 0.148 e. The Hall–Kier alpha value is -0.820. The summed E-state index contributed by atoms with van der Waals surface area (Å²) in [5.41, 5.74) is 4.35. The standard InChI is InChI=1S/C13H14S/c1-8-5-13(14-7-8)12-6-11(12)9(2)10-3-4-10/h3,5,7,11-12H,2,4,6H2,1H3. The molecule has 1 aromatic rings. The van der Waals surface area contributed by atoms with Gasteiger partial charge in [0.25, 0.3) is 0 Å². The summed E-state index contributed by atoms with van der Waals surface area (Å²) in [5, 5.41) is 2.25. The molecule has 1 heterocycles. The van der Waals surface area contributed by atoms with Gasteiger partial charge in [-0.2, -0.15) is 0 Å². The Kier molecular flexibility index (Phi) is 1.72. The second-order valence-corrected chi connectivity index (χ2v) is 5.38. The van der Waals surface area contributed by atoms with Crippen molar-refractivity contribution in [1.29, 1.82) is 0 Å². The van der Waals surface area contributed by atoms with E-state index in [4.69, 9.17) is 0 Å². The van der Waals surface area contributed by atoms with Crippen molar-refractivity contribution in [2.75, 3.05) is 0 Å². The zero-order chi connectivity index (χ0) is 9.71. The second-order valence-electron chi connectivity index (χ2n) is 4.43. The average molecular weight is 202 g/mol. The minimum atomic E-state index is 0.766. The SMILES string of the molecule is C=C(C1=CC1)C1CC1c1cc(C)cs1. The molecule has 0 nitrogen and oxygen atoms in total. The number of thiophene rings is 1. The molecule has 2 unspecified atom stereocenters. The van der Waals surface area contributed by atoms with Gasteiger partial charge in [0.2, 0.25) is 0 Å². The molecular formula is C13H14S. The molecule has 1 saturated carbocycles. The Labute approximate surface area is 89.0 Å². The quantitative estimate of drug-likeness (QED) is 0.693. The van der Waals surface area contributed by atoms with Crippen molar-refractivity contribution in [2.45, 2.75) is 25.7 Å². The van der Waals surface area contributed by atoms with Gasteiger partial charge in [-0.1, -0.05) is 12.7 Å². The molecule has 0 aromatic carbocycles. The van der Waals surface area contributed by atoms with Gasteiger partial charge in [-0.25, -0.2) is 0 Å². The first-order chi connectivity index (χ1) is 6.75. The van der Waals surface area contributed by atoms with Gasteiger partial charge in [0.15, 0.2) is 0 Å². The van der Waals surface area contributed by atoms with Crippen molar-refractivity contribution >= 4 is 11.3 Å². The lowest BCUT2D eigenvalue weighted by Gasteiger charge is -1.98. The Bertz CT molecular complexity index is 422. The van der Waals surface area contributed by atoms with Gasteiger partial charge in [-0.05, 0) is 53.8 Å². The number of allylic oxidation sites excluding steroid dienone is 3. The molecule has 1 aromatic heterocycles. The zero-order valence-corrected chi connectivity index (χ0v) is 9.23. The summed E-state index contributed by atoms with van der Waals surface area (Å²) < 4.78 is 0. The van der Waals surface area contributed by atoms with E-state index in [1.165, 1.54) is 29.6 Å². The van der Waals surface area contributed by atoms with Gasteiger partial charge in [-0.3, -0.25) is 0 Å². The summed E-state index contributed by atoms with van der Waals surface area (Å²) in [6.07, 6.45) is 4.82. The van der Waals surface area contributed by atoms with Gasteiger partial charge >= 0.3 is 0 Å². The molecule has 2 atom stereocenters. The minimum absolute atomic E-state index is 0.766. The van der Waals surface area contributed by atoms with Crippen LogP contribution in [0.2, 0.25) is 0 Å². The maximum absolute atomic E-state index is 4.20. The summed E-state index contributed by atoms with van der Waals surface area (Å²) >= 11 is 1.91. The fraction of sp³-hybridized carbons (Fsp3) is 0.385. The molecule has 72 valence electrons. The summed E-state index contributed by atoms with van der Waals surface area (Å²) in [7, 11) is 0. The van der Waals surface area contributed by atoms with Crippen molar-refractivity contribution in [2.24, 2.45) is 5.92 Å². The smallest absolute Gasteiger partial charge is 0.00852 e. The lowest BCUT2D eigenvalue weighted by Crippen LogP contribution is -1.83. The molecule has 0 bridgehead atoms. The third kappa shape index (κ3) is 1.36. The third-order valence-corrected chi connectivity index (χ3v) is 4.36.